The zero-order chi connectivity index (χ0) is 18.1. The molecule has 1 aliphatic rings. The van der Waals surface area contributed by atoms with Crippen molar-refractivity contribution in [2.75, 3.05) is 19.7 Å². The van der Waals surface area contributed by atoms with Crippen LogP contribution in [0.5, 0.6) is 0 Å². The predicted octanol–water partition coefficient (Wildman–Crippen LogP) is 2.42. The van der Waals surface area contributed by atoms with Crippen LogP contribution in [0.25, 0.3) is 22.4 Å². The van der Waals surface area contributed by atoms with Gasteiger partial charge in [0.2, 0.25) is 0 Å². The third-order valence-electron chi connectivity index (χ3n) is 4.35. The van der Waals surface area contributed by atoms with E-state index in [4.69, 9.17) is 14.3 Å². The Morgan fingerprint density at radius 3 is 2.81 bits per heavy atom. The minimum absolute atomic E-state index is 0.0148. The van der Waals surface area contributed by atoms with Crippen LogP contribution >= 0.6 is 0 Å². The number of carbonyl (C=O) groups is 2. The van der Waals surface area contributed by atoms with E-state index in [1.165, 1.54) is 4.90 Å². The highest BCUT2D eigenvalue weighted by Gasteiger charge is 2.30. The molecule has 0 saturated carbocycles. The Hall–Kier alpha value is -3.19. The number of benzene rings is 1. The zero-order valence-corrected chi connectivity index (χ0v) is 13.8. The lowest BCUT2D eigenvalue weighted by atomic mass is 10.0. The molecule has 1 amide bonds. The van der Waals surface area contributed by atoms with Gasteiger partial charge in [-0.25, -0.2) is 9.78 Å². The van der Waals surface area contributed by atoms with Crippen molar-refractivity contribution < 1.29 is 23.8 Å². The number of amides is 1. The van der Waals surface area contributed by atoms with Crippen molar-refractivity contribution in [1.29, 1.82) is 0 Å². The molecule has 0 spiro atoms. The van der Waals surface area contributed by atoms with E-state index in [9.17, 15) is 9.59 Å². The maximum atomic E-state index is 13.1. The van der Waals surface area contributed by atoms with Gasteiger partial charge >= 0.3 is 5.97 Å². The molecule has 0 aliphatic carbocycles. The SMILES string of the molecule is O=C(O)C1CN(C(=O)c2cc(-c3ccco3)nc3ccccc23)CCO1. The standard InChI is InChI=1S/C19H16N2O5/c22-18(21-7-9-26-17(11-21)19(23)24)13-10-15(16-6-3-8-25-16)20-14-5-2-1-4-12(13)14/h1-6,8,10,17H,7,9,11H2,(H,23,24). The number of furan rings is 1. The molecule has 1 saturated heterocycles. The fraction of sp³-hybridized carbons (Fsp3) is 0.211. The van der Waals surface area contributed by atoms with Crippen LogP contribution in [0.3, 0.4) is 0 Å². The van der Waals surface area contributed by atoms with E-state index in [0.717, 1.165) is 0 Å². The molecule has 1 unspecified atom stereocenters. The number of aliphatic carboxylic acids is 1. The number of aromatic nitrogens is 1. The highest BCUT2D eigenvalue weighted by Crippen LogP contribution is 2.26. The number of nitrogens with zero attached hydrogens (tertiary/aromatic N) is 2. The Balaban J connectivity index is 1.77. The fourth-order valence-corrected chi connectivity index (χ4v) is 3.06. The second-order valence-electron chi connectivity index (χ2n) is 6.00. The van der Waals surface area contributed by atoms with Gasteiger partial charge in [0.05, 0.1) is 30.5 Å². The van der Waals surface area contributed by atoms with Crippen molar-refractivity contribution in [1.82, 2.24) is 9.88 Å². The Morgan fingerprint density at radius 2 is 2.04 bits per heavy atom. The zero-order valence-electron chi connectivity index (χ0n) is 13.8. The molecular formula is C19H16N2O5. The molecule has 4 rings (SSSR count). The summed E-state index contributed by atoms with van der Waals surface area (Å²) in [4.78, 5) is 30.4. The molecule has 7 heteroatoms. The summed E-state index contributed by atoms with van der Waals surface area (Å²) >= 11 is 0. The third kappa shape index (κ3) is 2.93. The largest absolute Gasteiger partial charge is 0.479 e. The van der Waals surface area contributed by atoms with Crippen molar-refractivity contribution in [2.24, 2.45) is 0 Å². The summed E-state index contributed by atoms with van der Waals surface area (Å²) in [5.41, 5.74) is 1.70. The molecule has 132 valence electrons. The second-order valence-corrected chi connectivity index (χ2v) is 6.00. The van der Waals surface area contributed by atoms with Crippen LogP contribution in [0.1, 0.15) is 10.4 Å². The highest BCUT2D eigenvalue weighted by molar-refractivity contribution is 6.07. The lowest BCUT2D eigenvalue weighted by molar-refractivity contribution is -0.154. The lowest BCUT2D eigenvalue weighted by Crippen LogP contribution is -2.48. The first-order valence-corrected chi connectivity index (χ1v) is 8.21. The smallest absolute Gasteiger partial charge is 0.334 e. The molecule has 1 fully saturated rings. The minimum Gasteiger partial charge on any atom is -0.479 e. The van der Waals surface area contributed by atoms with Gasteiger partial charge in [0, 0.05) is 11.9 Å². The number of fused-ring (bicyclic) bond motifs is 1. The minimum atomic E-state index is -1.07. The van der Waals surface area contributed by atoms with Gasteiger partial charge in [-0.05, 0) is 24.3 Å². The van der Waals surface area contributed by atoms with Crippen LogP contribution in [0, 0.1) is 0 Å². The van der Waals surface area contributed by atoms with Crippen molar-refractivity contribution in [3.05, 3.63) is 54.3 Å². The monoisotopic (exact) mass is 352 g/mol. The lowest BCUT2D eigenvalue weighted by Gasteiger charge is -2.31. The van der Waals surface area contributed by atoms with E-state index in [2.05, 4.69) is 4.98 Å². The summed E-state index contributed by atoms with van der Waals surface area (Å²) in [5.74, 6) is -0.750. The quantitative estimate of drug-likeness (QED) is 0.778. The number of rotatable bonds is 3. The number of hydrogen-bond donors (Lipinski definition) is 1. The van der Waals surface area contributed by atoms with E-state index >= 15 is 0 Å². The van der Waals surface area contributed by atoms with Crippen LogP contribution in [0.2, 0.25) is 0 Å². The van der Waals surface area contributed by atoms with Crippen molar-refractivity contribution in [2.45, 2.75) is 6.10 Å². The first-order valence-electron chi connectivity index (χ1n) is 8.21. The maximum Gasteiger partial charge on any atom is 0.334 e. The van der Waals surface area contributed by atoms with Gasteiger partial charge in [-0.3, -0.25) is 4.79 Å². The van der Waals surface area contributed by atoms with Crippen molar-refractivity contribution >= 4 is 22.8 Å². The van der Waals surface area contributed by atoms with Crippen LogP contribution in [0.4, 0.5) is 0 Å². The van der Waals surface area contributed by atoms with Gasteiger partial charge in [0.15, 0.2) is 11.9 Å². The second kappa shape index (κ2) is 6.61. The van der Waals surface area contributed by atoms with Crippen molar-refractivity contribution in [3.63, 3.8) is 0 Å². The summed E-state index contributed by atoms with van der Waals surface area (Å²) in [7, 11) is 0. The number of ether oxygens (including phenoxy) is 1. The van der Waals surface area contributed by atoms with Gasteiger partial charge in [-0.15, -0.1) is 0 Å². The number of carbonyl (C=O) groups excluding carboxylic acids is 1. The highest BCUT2D eigenvalue weighted by atomic mass is 16.5. The average Bonchev–Trinajstić information content (AvgIpc) is 3.21. The third-order valence-corrected chi connectivity index (χ3v) is 4.35. The molecule has 1 N–H and O–H groups in total. The molecule has 3 aromatic rings. The van der Waals surface area contributed by atoms with E-state index in [1.807, 2.05) is 24.3 Å². The molecular weight excluding hydrogens is 336 g/mol. The summed E-state index contributed by atoms with van der Waals surface area (Å²) < 4.78 is 10.6. The summed E-state index contributed by atoms with van der Waals surface area (Å²) in [6, 6.07) is 12.6. The van der Waals surface area contributed by atoms with Gasteiger partial charge < -0.3 is 19.2 Å². The first kappa shape index (κ1) is 16.3. The molecule has 0 bridgehead atoms. The van der Waals surface area contributed by atoms with Crippen LogP contribution in [-0.2, 0) is 9.53 Å². The van der Waals surface area contributed by atoms with E-state index in [0.29, 0.717) is 34.5 Å². The fourth-order valence-electron chi connectivity index (χ4n) is 3.06. The van der Waals surface area contributed by atoms with Crippen LogP contribution in [0.15, 0.2) is 53.1 Å². The Morgan fingerprint density at radius 1 is 1.19 bits per heavy atom. The van der Waals surface area contributed by atoms with Crippen molar-refractivity contribution in [3.8, 4) is 11.5 Å². The molecule has 2 aromatic heterocycles. The van der Waals surface area contributed by atoms with Gasteiger partial charge in [0.1, 0.15) is 5.69 Å². The molecule has 7 nitrogen and oxygen atoms in total. The van der Waals surface area contributed by atoms with Gasteiger partial charge in [0.25, 0.3) is 5.91 Å². The summed E-state index contributed by atoms with van der Waals surface area (Å²) in [5, 5.41) is 9.88. The molecule has 0 radical (unpaired) electrons. The summed E-state index contributed by atoms with van der Waals surface area (Å²) in [6.07, 6.45) is 0.540. The number of para-hydroxylation sites is 1. The van der Waals surface area contributed by atoms with E-state index < -0.39 is 12.1 Å². The van der Waals surface area contributed by atoms with Crippen LogP contribution < -0.4 is 0 Å². The number of carboxylic acid groups (broad SMARTS) is 1. The van der Waals surface area contributed by atoms with E-state index in [1.54, 1.807) is 24.5 Å². The van der Waals surface area contributed by atoms with E-state index in [-0.39, 0.29) is 19.1 Å². The predicted molar refractivity (Wildman–Crippen MR) is 92.7 cm³/mol. The summed E-state index contributed by atoms with van der Waals surface area (Å²) in [6.45, 7) is 0.549. The molecule has 1 aromatic carbocycles. The number of hydrogen-bond acceptors (Lipinski definition) is 5. The number of pyridine rings is 1. The molecule has 3 heterocycles. The average molecular weight is 352 g/mol. The number of carboxylic acids is 1. The first-order chi connectivity index (χ1) is 12.6. The molecule has 26 heavy (non-hydrogen) atoms. The normalized spacial score (nSPS) is 17.4. The molecule has 1 aliphatic heterocycles. The number of morpholine rings is 1. The van der Waals surface area contributed by atoms with Gasteiger partial charge in [-0.1, -0.05) is 18.2 Å². The Bertz CT molecular complexity index is 967. The maximum absolute atomic E-state index is 13.1. The molecule has 1 atom stereocenters. The Kier molecular flexibility index (Phi) is 4.14. The van der Waals surface area contributed by atoms with Crippen LogP contribution in [-0.4, -0.2) is 52.7 Å². The van der Waals surface area contributed by atoms with Gasteiger partial charge in [-0.2, -0.15) is 0 Å². The topological polar surface area (TPSA) is 92.9 Å². The Labute approximate surface area is 148 Å².